The fourth-order valence-corrected chi connectivity index (χ4v) is 2.81. The smallest absolute Gasteiger partial charge is 0.154 e. The highest BCUT2D eigenvalue weighted by Gasteiger charge is 2.24. The van der Waals surface area contributed by atoms with Crippen LogP contribution in [0.25, 0.3) is 11.5 Å². The predicted octanol–water partition coefficient (Wildman–Crippen LogP) is 2.96. The van der Waals surface area contributed by atoms with Crippen LogP contribution in [-0.4, -0.2) is 16.0 Å². The zero-order chi connectivity index (χ0) is 12.5. The first-order chi connectivity index (χ1) is 8.74. The van der Waals surface area contributed by atoms with E-state index in [1.165, 1.54) is 12.8 Å². The summed E-state index contributed by atoms with van der Waals surface area (Å²) in [4.78, 5) is 8.10. The van der Waals surface area contributed by atoms with Crippen molar-refractivity contribution >= 4 is 0 Å². The van der Waals surface area contributed by atoms with Crippen molar-refractivity contribution in [1.29, 1.82) is 0 Å². The van der Waals surface area contributed by atoms with Crippen LogP contribution in [0.2, 0.25) is 0 Å². The molecule has 2 atom stereocenters. The molecule has 2 aromatic rings. The summed E-state index contributed by atoms with van der Waals surface area (Å²) in [6.45, 7) is 2.04. The second-order valence-corrected chi connectivity index (χ2v) is 5.20. The van der Waals surface area contributed by atoms with E-state index in [-0.39, 0.29) is 0 Å². The molecule has 18 heavy (non-hydrogen) atoms. The minimum absolute atomic E-state index is 0.321. The van der Waals surface area contributed by atoms with Gasteiger partial charge in [0.15, 0.2) is 5.76 Å². The van der Waals surface area contributed by atoms with Gasteiger partial charge in [-0.15, -0.1) is 0 Å². The number of rotatable bonds is 2. The van der Waals surface area contributed by atoms with Crippen LogP contribution in [0.3, 0.4) is 0 Å². The van der Waals surface area contributed by atoms with Gasteiger partial charge in [-0.05, 0) is 38.3 Å². The van der Waals surface area contributed by atoms with E-state index in [0.717, 1.165) is 35.8 Å². The standard InChI is InChI=1S/C14H19N3O/c1-9-13(12-6-3-7-18-12)17-14(16-9)10-4-2-5-11(15)8-10/h3,6-7,10-11H,2,4-5,8,15H2,1H3,(H,16,17). The van der Waals surface area contributed by atoms with E-state index < -0.39 is 0 Å². The van der Waals surface area contributed by atoms with Crippen molar-refractivity contribution in [1.82, 2.24) is 9.97 Å². The Hall–Kier alpha value is -1.55. The minimum Gasteiger partial charge on any atom is -0.463 e. The molecule has 0 saturated heterocycles. The van der Waals surface area contributed by atoms with E-state index in [4.69, 9.17) is 15.1 Å². The molecule has 2 aromatic heterocycles. The molecule has 1 aliphatic carbocycles. The zero-order valence-electron chi connectivity index (χ0n) is 10.6. The molecule has 4 nitrogen and oxygen atoms in total. The molecule has 0 bridgehead atoms. The average Bonchev–Trinajstić information content (AvgIpc) is 2.97. The van der Waals surface area contributed by atoms with Crippen molar-refractivity contribution in [2.45, 2.75) is 44.6 Å². The predicted molar refractivity (Wildman–Crippen MR) is 70.2 cm³/mol. The SMILES string of the molecule is Cc1[nH]c(C2CCCC(N)C2)nc1-c1ccco1. The van der Waals surface area contributed by atoms with E-state index >= 15 is 0 Å². The van der Waals surface area contributed by atoms with Gasteiger partial charge in [0.25, 0.3) is 0 Å². The van der Waals surface area contributed by atoms with Crippen LogP contribution < -0.4 is 5.73 Å². The van der Waals surface area contributed by atoms with Crippen LogP contribution in [0.5, 0.6) is 0 Å². The Morgan fingerprint density at radius 1 is 1.44 bits per heavy atom. The number of hydrogen-bond donors (Lipinski definition) is 2. The highest BCUT2D eigenvalue weighted by molar-refractivity contribution is 5.55. The van der Waals surface area contributed by atoms with E-state index in [0.29, 0.717) is 12.0 Å². The van der Waals surface area contributed by atoms with E-state index in [2.05, 4.69) is 4.98 Å². The third-order valence-corrected chi connectivity index (χ3v) is 3.76. The Morgan fingerprint density at radius 3 is 3.06 bits per heavy atom. The van der Waals surface area contributed by atoms with Gasteiger partial charge in [0.05, 0.1) is 6.26 Å². The number of aromatic amines is 1. The number of H-pyrrole nitrogens is 1. The van der Waals surface area contributed by atoms with Gasteiger partial charge in [-0.1, -0.05) is 6.42 Å². The summed E-state index contributed by atoms with van der Waals surface area (Å²) < 4.78 is 5.41. The molecule has 1 fully saturated rings. The number of imidazole rings is 1. The maximum atomic E-state index is 6.04. The minimum atomic E-state index is 0.321. The van der Waals surface area contributed by atoms with E-state index in [9.17, 15) is 0 Å². The van der Waals surface area contributed by atoms with Crippen LogP contribution in [0.1, 0.15) is 43.1 Å². The average molecular weight is 245 g/mol. The topological polar surface area (TPSA) is 67.8 Å². The maximum absolute atomic E-state index is 6.04. The van der Waals surface area contributed by atoms with Crippen LogP contribution in [0.15, 0.2) is 22.8 Å². The summed E-state index contributed by atoms with van der Waals surface area (Å²) in [6.07, 6.45) is 6.23. The van der Waals surface area contributed by atoms with Gasteiger partial charge in [-0.3, -0.25) is 0 Å². The van der Waals surface area contributed by atoms with Crippen LogP contribution in [0, 0.1) is 6.92 Å². The maximum Gasteiger partial charge on any atom is 0.154 e. The monoisotopic (exact) mass is 245 g/mol. The summed E-state index contributed by atoms with van der Waals surface area (Å²) in [5, 5.41) is 0. The van der Waals surface area contributed by atoms with Crippen molar-refractivity contribution in [3.63, 3.8) is 0 Å². The van der Waals surface area contributed by atoms with Gasteiger partial charge in [0, 0.05) is 17.7 Å². The number of nitrogens with one attached hydrogen (secondary N) is 1. The molecule has 1 aliphatic rings. The molecule has 3 rings (SSSR count). The lowest BCUT2D eigenvalue weighted by Crippen LogP contribution is -2.27. The van der Waals surface area contributed by atoms with Crippen molar-refractivity contribution in [3.8, 4) is 11.5 Å². The lowest BCUT2D eigenvalue weighted by Gasteiger charge is -2.24. The molecule has 1 saturated carbocycles. The van der Waals surface area contributed by atoms with Crippen LogP contribution in [0.4, 0.5) is 0 Å². The highest BCUT2D eigenvalue weighted by atomic mass is 16.3. The summed E-state index contributed by atoms with van der Waals surface area (Å²) in [7, 11) is 0. The lowest BCUT2D eigenvalue weighted by molar-refractivity contribution is 0.383. The molecule has 0 radical (unpaired) electrons. The highest BCUT2D eigenvalue weighted by Crippen LogP contribution is 2.32. The zero-order valence-corrected chi connectivity index (χ0v) is 10.6. The molecule has 2 unspecified atom stereocenters. The van der Waals surface area contributed by atoms with Gasteiger partial charge in [0.2, 0.25) is 0 Å². The molecule has 4 heteroatoms. The molecule has 0 aromatic carbocycles. The van der Waals surface area contributed by atoms with Gasteiger partial charge >= 0.3 is 0 Å². The van der Waals surface area contributed by atoms with Gasteiger partial charge in [0.1, 0.15) is 11.5 Å². The normalized spacial score (nSPS) is 24.3. The second kappa shape index (κ2) is 4.61. The molecule has 96 valence electrons. The van der Waals surface area contributed by atoms with Crippen molar-refractivity contribution in [3.05, 3.63) is 29.9 Å². The summed E-state index contributed by atoms with van der Waals surface area (Å²) in [5.41, 5.74) is 8.04. The second-order valence-electron chi connectivity index (χ2n) is 5.20. The third-order valence-electron chi connectivity index (χ3n) is 3.76. The van der Waals surface area contributed by atoms with Crippen molar-refractivity contribution in [2.75, 3.05) is 0 Å². The first-order valence-electron chi connectivity index (χ1n) is 6.60. The lowest BCUT2D eigenvalue weighted by atomic mass is 9.86. The first kappa shape index (κ1) is 11.5. The molecule has 0 aliphatic heterocycles. The summed E-state index contributed by atoms with van der Waals surface area (Å²) >= 11 is 0. The molecular weight excluding hydrogens is 226 g/mol. The summed E-state index contributed by atoms with van der Waals surface area (Å²) in [6, 6.07) is 4.15. The molecule has 0 spiro atoms. The summed E-state index contributed by atoms with van der Waals surface area (Å²) in [5.74, 6) is 2.36. The Labute approximate surface area is 107 Å². The number of nitrogens with two attached hydrogens (primary N) is 1. The Morgan fingerprint density at radius 2 is 2.33 bits per heavy atom. The fraction of sp³-hybridized carbons (Fsp3) is 0.500. The molecule has 3 N–H and O–H groups in total. The Kier molecular flexibility index (Phi) is 2.96. The van der Waals surface area contributed by atoms with Gasteiger partial charge in [-0.25, -0.2) is 4.98 Å². The third kappa shape index (κ3) is 2.08. The molecule has 2 heterocycles. The number of aromatic nitrogens is 2. The molecule has 0 amide bonds. The number of hydrogen-bond acceptors (Lipinski definition) is 3. The first-order valence-corrected chi connectivity index (χ1v) is 6.60. The van der Waals surface area contributed by atoms with Gasteiger partial charge < -0.3 is 15.1 Å². The van der Waals surface area contributed by atoms with Crippen LogP contribution in [-0.2, 0) is 0 Å². The number of furan rings is 1. The molecular formula is C14H19N3O. The van der Waals surface area contributed by atoms with E-state index in [1.807, 2.05) is 19.1 Å². The van der Waals surface area contributed by atoms with E-state index in [1.54, 1.807) is 6.26 Å². The fourth-order valence-electron chi connectivity index (χ4n) is 2.81. The Bertz CT molecular complexity index is 515. The van der Waals surface area contributed by atoms with Crippen LogP contribution >= 0.6 is 0 Å². The van der Waals surface area contributed by atoms with Gasteiger partial charge in [-0.2, -0.15) is 0 Å². The Balaban J connectivity index is 1.88. The number of nitrogens with zero attached hydrogens (tertiary/aromatic N) is 1. The quantitative estimate of drug-likeness (QED) is 0.854. The van der Waals surface area contributed by atoms with Crippen molar-refractivity contribution < 1.29 is 4.42 Å². The van der Waals surface area contributed by atoms with Crippen molar-refractivity contribution in [2.24, 2.45) is 5.73 Å². The number of aryl methyl sites for hydroxylation is 1. The largest absolute Gasteiger partial charge is 0.463 e.